The predicted octanol–water partition coefficient (Wildman–Crippen LogP) is 5.25. The summed E-state index contributed by atoms with van der Waals surface area (Å²) in [7, 11) is 0. The van der Waals surface area contributed by atoms with E-state index in [0.717, 1.165) is 23.4 Å². The standard InChI is InChI=1S/C25H36N2O2/c1-16(2)21-4-6-22(7-5-21)27-24(29)9-8-23(28)26-17(3)25-13-18-10-19(14-25)12-20(11-18)15-25/h4-7,16-20H,8-15H2,1-3H3,(H,26,28)(H,27,29)/t17-,18?,19?,20?,25?/m0/s1. The molecule has 29 heavy (non-hydrogen) atoms. The fourth-order valence-corrected chi connectivity index (χ4v) is 6.58. The molecule has 0 heterocycles. The van der Waals surface area contributed by atoms with Gasteiger partial charge in [0, 0.05) is 24.6 Å². The van der Waals surface area contributed by atoms with E-state index in [4.69, 9.17) is 0 Å². The second-order valence-corrected chi connectivity index (χ2v) is 10.4. The summed E-state index contributed by atoms with van der Waals surface area (Å²) in [6.07, 6.45) is 8.58. The van der Waals surface area contributed by atoms with E-state index in [1.807, 2.05) is 24.3 Å². The van der Waals surface area contributed by atoms with Crippen LogP contribution in [0.3, 0.4) is 0 Å². The van der Waals surface area contributed by atoms with Gasteiger partial charge in [0.05, 0.1) is 0 Å². The zero-order chi connectivity index (χ0) is 20.6. The molecule has 0 aromatic heterocycles. The SMILES string of the molecule is CC(C)c1ccc(NC(=O)CCC(=O)N[C@@H](C)C23CC4CC(CC(C4)C2)C3)cc1. The van der Waals surface area contributed by atoms with E-state index in [0.29, 0.717) is 11.3 Å². The summed E-state index contributed by atoms with van der Waals surface area (Å²) in [6.45, 7) is 6.49. The molecular weight excluding hydrogens is 360 g/mol. The Morgan fingerprint density at radius 1 is 0.897 bits per heavy atom. The fourth-order valence-electron chi connectivity index (χ4n) is 6.58. The van der Waals surface area contributed by atoms with Crippen molar-refractivity contribution in [3.8, 4) is 0 Å². The molecule has 0 radical (unpaired) electrons. The van der Waals surface area contributed by atoms with E-state index >= 15 is 0 Å². The third-order valence-corrected chi connectivity index (χ3v) is 7.82. The van der Waals surface area contributed by atoms with Crippen molar-refractivity contribution in [1.82, 2.24) is 5.32 Å². The van der Waals surface area contributed by atoms with Gasteiger partial charge in [-0.05, 0) is 92.2 Å². The van der Waals surface area contributed by atoms with Gasteiger partial charge in [0.25, 0.3) is 0 Å². The van der Waals surface area contributed by atoms with Gasteiger partial charge in [-0.2, -0.15) is 0 Å². The van der Waals surface area contributed by atoms with E-state index < -0.39 is 0 Å². The third kappa shape index (κ3) is 4.51. The number of nitrogens with one attached hydrogen (secondary N) is 2. The minimum Gasteiger partial charge on any atom is -0.353 e. The highest BCUT2D eigenvalue weighted by atomic mass is 16.2. The van der Waals surface area contributed by atoms with Gasteiger partial charge in [0.15, 0.2) is 0 Å². The number of hydrogen-bond acceptors (Lipinski definition) is 2. The van der Waals surface area contributed by atoms with Crippen LogP contribution in [-0.4, -0.2) is 17.9 Å². The minimum atomic E-state index is -0.0973. The summed E-state index contributed by atoms with van der Waals surface area (Å²) < 4.78 is 0. The molecule has 4 fully saturated rings. The van der Waals surface area contributed by atoms with Crippen LogP contribution in [0.15, 0.2) is 24.3 Å². The molecule has 0 unspecified atom stereocenters. The Morgan fingerprint density at radius 3 is 1.93 bits per heavy atom. The van der Waals surface area contributed by atoms with Crippen LogP contribution in [0.25, 0.3) is 0 Å². The monoisotopic (exact) mass is 396 g/mol. The van der Waals surface area contributed by atoms with Crippen LogP contribution >= 0.6 is 0 Å². The van der Waals surface area contributed by atoms with E-state index in [1.165, 1.54) is 44.1 Å². The molecule has 4 aliphatic carbocycles. The number of anilines is 1. The maximum absolute atomic E-state index is 12.5. The molecule has 4 heteroatoms. The normalized spacial score (nSPS) is 31.0. The van der Waals surface area contributed by atoms with Crippen molar-refractivity contribution in [2.24, 2.45) is 23.2 Å². The molecule has 4 aliphatic rings. The summed E-state index contributed by atoms with van der Waals surface area (Å²) in [5, 5.41) is 6.16. The first-order chi connectivity index (χ1) is 13.8. The molecule has 1 atom stereocenters. The van der Waals surface area contributed by atoms with Crippen LogP contribution in [0.5, 0.6) is 0 Å². The number of carbonyl (C=O) groups excluding carboxylic acids is 2. The molecule has 1 aromatic carbocycles. The van der Waals surface area contributed by atoms with Crippen LogP contribution in [0.1, 0.15) is 83.6 Å². The van der Waals surface area contributed by atoms with Crippen molar-refractivity contribution in [1.29, 1.82) is 0 Å². The lowest BCUT2D eigenvalue weighted by Crippen LogP contribution is -2.55. The van der Waals surface area contributed by atoms with Crippen LogP contribution in [-0.2, 0) is 9.59 Å². The highest BCUT2D eigenvalue weighted by Crippen LogP contribution is 2.61. The maximum atomic E-state index is 12.5. The van der Waals surface area contributed by atoms with Crippen LogP contribution in [0.4, 0.5) is 5.69 Å². The fraction of sp³-hybridized carbons (Fsp3) is 0.680. The zero-order valence-electron chi connectivity index (χ0n) is 18.2. The van der Waals surface area contributed by atoms with Gasteiger partial charge >= 0.3 is 0 Å². The maximum Gasteiger partial charge on any atom is 0.224 e. The smallest absolute Gasteiger partial charge is 0.224 e. The van der Waals surface area contributed by atoms with Crippen LogP contribution in [0.2, 0.25) is 0 Å². The van der Waals surface area contributed by atoms with E-state index in [-0.39, 0.29) is 30.7 Å². The van der Waals surface area contributed by atoms with Crippen molar-refractivity contribution in [2.75, 3.05) is 5.32 Å². The molecule has 4 nitrogen and oxygen atoms in total. The molecule has 0 aliphatic heterocycles. The van der Waals surface area contributed by atoms with Crippen molar-refractivity contribution in [3.05, 3.63) is 29.8 Å². The molecule has 0 spiro atoms. The van der Waals surface area contributed by atoms with E-state index in [9.17, 15) is 9.59 Å². The van der Waals surface area contributed by atoms with E-state index in [2.05, 4.69) is 31.4 Å². The number of rotatable bonds is 7. The van der Waals surface area contributed by atoms with Crippen molar-refractivity contribution in [3.63, 3.8) is 0 Å². The molecule has 4 bridgehead atoms. The van der Waals surface area contributed by atoms with Crippen molar-refractivity contribution in [2.45, 2.75) is 84.1 Å². The predicted molar refractivity (Wildman–Crippen MR) is 117 cm³/mol. The van der Waals surface area contributed by atoms with E-state index in [1.54, 1.807) is 0 Å². The molecule has 2 N–H and O–H groups in total. The average molecular weight is 397 g/mol. The van der Waals surface area contributed by atoms with Gasteiger partial charge in [0.2, 0.25) is 11.8 Å². The lowest BCUT2D eigenvalue weighted by molar-refractivity contribution is -0.128. The van der Waals surface area contributed by atoms with Crippen LogP contribution in [0, 0.1) is 23.2 Å². The minimum absolute atomic E-state index is 0.0125. The molecule has 158 valence electrons. The topological polar surface area (TPSA) is 58.2 Å². The number of benzene rings is 1. The first-order valence-corrected chi connectivity index (χ1v) is 11.5. The Morgan fingerprint density at radius 2 is 1.41 bits per heavy atom. The summed E-state index contributed by atoms with van der Waals surface area (Å²) in [5.41, 5.74) is 2.35. The van der Waals surface area contributed by atoms with Crippen molar-refractivity contribution >= 4 is 17.5 Å². The van der Waals surface area contributed by atoms with Gasteiger partial charge in [-0.1, -0.05) is 26.0 Å². The quantitative estimate of drug-likeness (QED) is 0.661. The molecular formula is C25H36N2O2. The summed E-state index contributed by atoms with van der Waals surface area (Å²) >= 11 is 0. The van der Waals surface area contributed by atoms with Gasteiger partial charge < -0.3 is 10.6 Å². The first kappa shape index (κ1) is 20.4. The Balaban J connectivity index is 1.24. The first-order valence-electron chi connectivity index (χ1n) is 11.5. The van der Waals surface area contributed by atoms with Crippen molar-refractivity contribution < 1.29 is 9.59 Å². The molecule has 0 saturated heterocycles. The molecule has 4 saturated carbocycles. The second-order valence-electron chi connectivity index (χ2n) is 10.4. The van der Waals surface area contributed by atoms with Crippen LogP contribution < -0.4 is 10.6 Å². The molecule has 1 aromatic rings. The average Bonchev–Trinajstić information content (AvgIpc) is 2.66. The third-order valence-electron chi connectivity index (χ3n) is 7.82. The summed E-state index contributed by atoms with van der Waals surface area (Å²) in [5.74, 6) is 3.04. The highest BCUT2D eigenvalue weighted by molar-refractivity contribution is 5.93. The lowest BCUT2D eigenvalue weighted by Gasteiger charge is -2.59. The zero-order valence-corrected chi connectivity index (χ0v) is 18.2. The molecule has 2 amide bonds. The Labute approximate surface area is 175 Å². The number of amides is 2. The van der Waals surface area contributed by atoms with Gasteiger partial charge in [-0.15, -0.1) is 0 Å². The largest absolute Gasteiger partial charge is 0.353 e. The lowest BCUT2D eigenvalue weighted by atomic mass is 9.48. The van der Waals surface area contributed by atoms with Gasteiger partial charge in [0.1, 0.15) is 0 Å². The molecule has 5 rings (SSSR count). The van der Waals surface area contributed by atoms with Gasteiger partial charge in [-0.25, -0.2) is 0 Å². The Kier molecular flexibility index (Phi) is 5.72. The van der Waals surface area contributed by atoms with Gasteiger partial charge in [-0.3, -0.25) is 9.59 Å². The number of carbonyl (C=O) groups is 2. The highest BCUT2D eigenvalue weighted by Gasteiger charge is 2.53. The number of hydrogen-bond donors (Lipinski definition) is 2. The second kappa shape index (κ2) is 8.12. The summed E-state index contributed by atoms with van der Waals surface area (Å²) in [6, 6.07) is 8.17. The summed E-state index contributed by atoms with van der Waals surface area (Å²) in [4.78, 5) is 24.8. The Hall–Kier alpha value is -1.84. The Bertz CT molecular complexity index is 717.